The van der Waals surface area contributed by atoms with Crippen LogP contribution in [0.15, 0.2) is 72.8 Å². The molecular weight excluding hydrogens is 424 g/mol. The van der Waals surface area contributed by atoms with E-state index in [4.69, 9.17) is 0 Å². The SMILES string of the molecule is Cc1cccc(NC(=O)N2c3ccccc3C[C@H]2C(=O)N2CCc3c([nH]c4ccccc34)C2)c1. The maximum atomic E-state index is 13.8. The van der Waals surface area contributed by atoms with Gasteiger partial charge < -0.3 is 15.2 Å². The predicted octanol–water partition coefficient (Wildman–Crippen LogP) is 5.02. The zero-order chi connectivity index (χ0) is 23.2. The zero-order valence-corrected chi connectivity index (χ0v) is 19.0. The van der Waals surface area contributed by atoms with Gasteiger partial charge in [0.25, 0.3) is 0 Å². The van der Waals surface area contributed by atoms with Crippen molar-refractivity contribution in [3.63, 3.8) is 0 Å². The Hall–Kier alpha value is -4.06. The molecule has 3 amide bonds. The molecule has 3 aromatic carbocycles. The number of H-pyrrole nitrogens is 1. The monoisotopic (exact) mass is 450 g/mol. The van der Waals surface area contributed by atoms with Gasteiger partial charge in [-0.05, 0) is 54.3 Å². The van der Waals surface area contributed by atoms with E-state index in [9.17, 15) is 9.59 Å². The highest BCUT2D eigenvalue weighted by Crippen LogP contribution is 2.35. The number of carbonyl (C=O) groups excluding carboxylic acids is 2. The average Bonchev–Trinajstić information content (AvgIpc) is 3.41. The van der Waals surface area contributed by atoms with Crippen LogP contribution in [-0.4, -0.2) is 34.4 Å². The van der Waals surface area contributed by atoms with Gasteiger partial charge in [0.1, 0.15) is 6.04 Å². The Bertz CT molecular complexity index is 1420. The molecule has 2 N–H and O–H groups in total. The number of aromatic amines is 1. The van der Waals surface area contributed by atoms with E-state index in [2.05, 4.69) is 28.5 Å². The molecule has 0 spiro atoms. The summed E-state index contributed by atoms with van der Waals surface area (Å²) in [5.41, 5.74) is 7.10. The van der Waals surface area contributed by atoms with Gasteiger partial charge in [-0.1, -0.05) is 48.5 Å². The van der Waals surface area contributed by atoms with Crippen LogP contribution >= 0.6 is 0 Å². The maximum absolute atomic E-state index is 13.8. The Morgan fingerprint density at radius 3 is 2.71 bits per heavy atom. The number of nitrogens with zero attached hydrogens (tertiary/aromatic N) is 2. The molecule has 3 heterocycles. The Morgan fingerprint density at radius 1 is 1.00 bits per heavy atom. The Morgan fingerprint density at radius 2 is 1.82 bits per heavy atom. The number of aryl methyl sites for hydroxylation is 1. The van der Waals surface area contributed by atoms with E-state index in [1.54, 1.807) is 4.90 Å². The van der Waals surface area contributed by atoms with E-state index >= 15 is 0 Å². The van der Waals surface area contributed by atoms with Crippen LogP contribution in [0, 0.1) is 6.92 Å². The fourth-order valence-electron chi connectivity index (χ4n) is 5.33. The molecule has 0 saturated heterocycles. The molecule has 0 unspecified atom stereocenters. The molecule has 0 fully saturated rings. The van der Waals surface area contributed by atoms with Crippen LogP contribution in [0.3, 0.4) is 0 Å². The second-order valence-corrected chi connectivity index (χ2v) is 9.16. The number of fused-ring (bicyclic) bond motifs is 4. The number of carbonyl (C=O) groups is 2. The van der Waals surface area contributed by atoms with Crippen molar-refractivity contribution in [2.45, 2.75) is 32.4 Å². The second-order valence-electron chi connectivity index (χ2n) is 9.16. The molecule has 2 aliphatic rings. The van der Waals surface area contributed by atoms with Gasteiger partial charge in [0, 0.05) is 40.9 Å². The summed E-state index contributed by atoms with van der Waals surface area (Å²) in [4.78, 5) is 34.3. The van der Waals surface area contributed by atoms with Crippen LogP contribution in [0.2, 0.25) is 0 Å². The lowest BCUT2D eigenvalue weighted by atomic mass is 10.0. The van der Waals surface area contributed by atoms with Gasteiger partial charge >= 0.3 is 6.03 Å². The summed E-state index contributed by atoms with van der Waals surface area (Å²) in [6, 6.07) is 22.9. The van der Waals surface area contributed by atoms with Crippen molar-refractivity contribution in [3.05, 3.63) is 95.2 Å². The lowest BCUT2D eigenvalue weighted by molar-refractivity contribution is -0.133. The minimum atomic E-state index is -0.562. The van der Waals surface area contributed by atoms with E-state index in [0.29, 0.717) is 19.5 Å². The summed E-state index contributed by atoms with van der Waals surface area (Å²) in [5, 5.41) is 4.23. The van der Waals surface area contributed by atoms with Crippen molar-refractivity contribution < 1.29 is 9.59 Å². The number of rotatable bonds is 2. The van der Waals surface area contributed by atoms with E-state index < -0.39 is 6.04 Å². The number of para-hydroxylation sites is 2. The number of benzene rings is 3. The van der Waals surface area contributed by atoms with Gasteiger partial charge in [0.15, 0.2) is 0 Å². The molecule has 170 valence electrons. The highest BCUT2D eigenvalue weighted by Gasteiger charge is 2.41. The van der Waals surface area contributed by atoms with Crippen LogP contribution < -0.4 is 10.2 Å². The van der Waals surface area contributed by atoms with Crippen molar-refractivity contribution in [2.24, 2.45) is 0 Å². The van der Waals surface area contributed by atoms with Crippen molar-refractivity contribution in [1.29, 1.82) is 0 Å². The largest absolute Gasteiger partial charge is 0.357 e. The van der Waals surface area contributed by atoms with Crippen molar-refractivity contribution in [2.75, 3.05) is 16.8 Å². The summed E-state index contributed by atoms with van der Waals surface area (Å²) in [7, 11) is 0. The molecule has 2 aliphatic heterocycles. The lowest BCUT2D eigenvalue weighted by Crippen LogP contribution is -2.51. The summed E-state index contributed by atoms with van der Waals surface area (Å²) in [5.74, 6) is -0.0140. The highest BCUT2D eigenvalue weighted by molar-refractivity contribution is 6.08. The third-order valence-electron chi connectivity index (χ3n) is 6.94. The quantitative estimate of drug-likeness (QED) is 0.450. The summed E-state index contributed by atoms with van der Waals surface area (Å²) in [6.45, 7) is 3.17. The van der Waals surface area contributed by atoms with Crippen LogP contribution in [0.5, 0.6) is 0 Å². The van der Waals surface area contributed by atoms with E-state index in [0.717, 1.165) is 40.1 Å². The van der Waals surface area contributed by atoms with Gasteiger partial charge in [-0.3, -0.25) is 9.69 Å². The van der Waals surface area contributed by atoms with Crippen LogP contribution in [0.1, 0.15) is 22.4 Å². The minimum absolute atomic E-state index is 0.0140. The molecular formula is C28H26N4O2. The smallest absolute Gasteiger partial charge is 0.327 e. The normalized spacial score (nSPS) is 16.9. The molecule has 0 aliphatic carbocycles. The molecule has 0 radical (unpaired) electrons. The molecule has 1 aromatic heterocycles. The standard InChI is InChI=1S/C28H26N4O2/c1-18-7-6-9-20(15-18)29-28(34)32-25-12-5-2-8-19(25)16-26(32)27(33)31-14-13-22-21-10-3-4-11-23(21)30-24(22)17-31/h2-12,15,26,30H,13-14,16-17H2,1H3,(H,29,34)/t26-/m0/s1. The first-order valence-corrected chi connectivity index (χ1v) is 11.7. The summed E-state index contributed by atoms with van der Waals surface area (Å²) in [6.07, 6.45) is 1.33. The third-order valence-corrected chi connectivity index (χ3v) is 6.94. The van der Waals surface area contributed by atoms with Gasteiger partial charge in [0.05, 0.1) is 6.54 Å². The van der Waals surface area contributed by atoms with Crippen LogP contribution in [0.4, 0.5) is 16.2 Å². The van der Waals surface area contributed by atoms with Gasteiger partial charge in [-0.25, -0.2) is 4.79 Å². The molecule has 0 saturated carbocycles. The molecule has 0 bridgehead atoms. The van der Waals surface area contributed by atoms with Crippen LogP contribution in [-0.2, 0) is 24.2 Å². The molecule has 4 aromatic rings. The van der Waals surface area contributed by atoms with E-state index in [1.165, 1.54) is 10.9 Å². The fourth-order valence-corrected chi connectivity index (χ4v) is 5.33. The third kappa shape index (κ3) is 3.43. The second kappa shape index (κ2) is 8.06. The number of amides is 3. The Labute approximate surface area is 198 Å². The number of hydrogen-bond donors (Lipinski definition) is 2. The first-order valence-electron chi connectivity index (χ1n) is 11.7. The number of aromatic nitrogens is 1. The lowest BCUT2D eigenvalue weighted by Gasteiger charge is -2.33. The Kier molecular flexibility index (Phi) is 4.87. The number of urea groups is 1. The van der Waals surface area contributed by atoms with E-state index in [1.807, 2.05) is 66.4 Å². The fraction of sp³-hybridized carbons (Fsp3) is 0.214. The first kappa shape index (κ1) is 20.5. The minimum Gasteiger partial charge on any atom is -0.357 e. The van der Waals surface area contributed by atoms with Crippen molar-refractivity contribution in [3.8, 4) is 0 Å². The van der Waals surface area contributed by atoms with Gasteiger partial charge in [-0.2, -0.15) is 0 Å². The summed E-state index contributed by atoms with van der Waals surface area (Å²) < 4.78 is 0. The topological polar surface area (TPSA) is 68.4 Å². The number of nitrogens with one attached hydrogen (secondary N) is 2. The van der Waals surface area contributed by atoms with Gasteiger partial charge in [-0.15, -0.1) is 0 Å². The van der Waals surface area contributed by atoms with Crippen molar-refractivity contribution >= 4 is 34.2 Å². The van der Waals surface area contributed by atoms with Gasteiger partial charge in [0.2, 0.25) is 5.91 Å². The zero-order valence-electron chi connectivity index (χ0n) is 19.0. The predicted molar refractivity (Wildman–Crippen MR) is 134 cm³/mol. The maximum Gasteiger partial charge on any atom is 0.327 e. The molecule has 6 rings (SSSR count). The number of hydrogen-bond acceptors (Lipinski definition) is 2. The highest BCUT2D eigenvalue weighted by atomic mass is 16.2. The van der Waals surface area contributed by atoms with Crippen LogP contribution in [0.25, 0.3) is 10.9 Å². The Balaban J connectivity index is 1.28. The molecule has 34 heavy (non-hydrogen) atoms. The van der Waals surface area contributed by atoms with Crippen molar-refractivity contribution in [1.82, 2.24) is 9.88 Å². The molecule has 6 heteroatoms. The molecule has 1 atom stereocenters. The molecule has 6 nitrogen and oxygen atoms in total. The first-order chi connectivity index (χ1) is 16.6. The summed E-state index contributed by atoms with van der Waals surface area (Å²) >= 11 is 0. The number of anilines is 2. The van der Waals surface area contributed by atoms with E-state index in [-0.39, 0.29) is 11.9 Å². The average molecular weight is 451 g/mol.